The highest BCUT2D eigenvalue weighted by molar-refractivity contribution is 6.09. The molecule has 1 aliphatic heterocycles. The molecule has 0 saturated carbocycles. The van der Waals surface area contributed by atoms with E-state index in [4.69, 9.17) is 10.5 Å². The predicted octanol–water partition coefficient (Wildman–Crippen LogP) is 1.81. The molecular formula is C20H26N2O5. The highest BCUT2D eigenvalue weighted by Crippen LogP contribution is 2.37. The number of rotatable bonds is 4. The molecule has 1 fully saturated rings. The number of nitrogens with two attached hydrogens (primary N) is 1. The zero-order valence-electron chi connectivity index (χ0n) is 16.1. The van der Waals surface area contributed by atoms with Gasteiger partial charge in [-0.05, 0) is 38.8 Å². The second-order valence-corrected chi connectivity index (χ2v) is 7.77. The van der Waals surface area contributed by atoms with Gasteiger partial charge in [0.05, 0.1) is 6.04 Å². The van der Waals surface area contributed by atoms with E-state index >= 15 is 0 Å². The van der Waals surface area contributed by atoms with Gasteiger partial charge in [0.25, 0.3) is 0 Å². The molecule has 1 aromatic carbocycles. The summed E-state index contributed by atoms with van der Waals surface area (Å²) in [5, 5.41) is 9.95. The normalized spacial score (nSPS) is 22.6. The summed E-state index contributed by atoms with van der Waals surface area (Å²) >= 11 is 0. The summed E-state index contributed by atoms with van der Waals surface area (Å²) in [7, 11) is 0. The Balaban J connectivity index is 2.52. The topological polar surface area (TPSA) is 110 Å². The van der Waals surface area contributed by atoms with Crippen LogP contribution in [0.25, 0.3) is 6.08 Å². The lowest BCUT2D eigenvalue weighted by atomic mass is 9.93. The van der Waals surface area contributed by atoms with E-state index in [-0.39, 0.29) is 13.0 Å². The van der Waals surface area contributed by atoms with Crippen molar-refractivity contribution in [2.24, 2.45) is 5.73 Å². The third-order valence-electron chi connectivity index (χ3n) is 4.22. The molecule has 0 spiro atoms. The fraction of sp³-hybridized carbons (Fsp3) is 0.450. The van der Waals surface area contributed by atoms with Crippen molar-refractivity contribution in [2.75, 3.05) is 6.54 Å². The van der Waals surface area contributed by atoms with Gasteiger partial charge >= 0.3 is 11.9 Å². The number of ether oxygens (including phenoxy) is 1. The van der Waals surface area contributed by atoms with E-state index in [0.717, 1.165) is 10.5 Å². The van der Waals surface area contributed by atoms with E-state index in [9.17, 15) is 19.5 Å². The molecule has 1 amide bonds. The van der Waals surface area contributed by atoms with Gasteiger partial charge < -0.3 is 20.5 Å². The molecule has 1 saturated heterocycles. The third kappa shape index (κ3) is 4.36. The van der Waals surface area contributed by atoms with Crippen LogP contribution in [0.3, 0.4) is 0 Å². The summed E-state index contributed by atoms with van der Waals surface area (Å²) in [4.78, 5) is 38.8. The molecule has 0 aliphatic carbocycles. The molecule has 0 radical (unpaired) electrons. The van der Waals surface area contributed by atoms with Gasteiger partial charge in [0, 0.05) is 13.0 Å². The Morgan fingerprint density at radius 3 is 2.33 bits per heavy atom. The Morgan fingerprint density at radius 1 is 1.26 bits per heavy atom. The maximum absolute atomic E-state index is 12.9. The number of amides is 1. The smallest absolute Gasteiger partial charge is 0.344 e. The number of likely N-dealkylation sites (tertiary alicyclic amines) is 1. The minimum atomic E-state index is -2.13. The monoisotopic (exact) mass is 374 g/mol. The number of carboxylic acids is 1. The van der Waals surface area contributed by atoms with E-state index in [0.29, 0.717) is 5.57 Å². The van der Waals surface area contributed by atoms with Gasteiger partial charge in [-0.3, -0.25) is 4.79 Å². The van der Waals surface area contributed by atoms with Crippen LogP contribution in [0.5, 0.6) is 0 Å². The fourth-order valence-corrected chi connectivity index (χ4v) is 3.03. The standard InChI is InChI=1S/C20H26N2O5/c1-13(21)16(23)22-12-15(10-14-8-6-5-7-9-14)11-20(22,17(24)25)18(26)27-19(2,3)4/h5-10,13H,11-12,21H2,1-4H3,(H,24,25)/t13-,20-/m0/s1. The molecule has 7 nitrogen and oxygen atoms in total. The van der Waals surface area contributed by atoms with Crippen molar-refractivity contribution in [3.8, 4) is 0 Å². The number of carbonyl (C=O) groups excluding carboxylic acids is 2. The van der Waals surface area contributed by atoms with Crippen LogP contribution in [0, 0.1) is 0 Å². The van der Waals surface area contributed by atoms with Gasteiger partial charge in [-0.25, -0.2) is 9.59 Å². The summed E-state index contributed by atoms with van der Waals surface area (Å²) in [6, 6.07) is 8.35. The Hall–Kier alpha value is -2.67. The maximum atomic E-state index is 12.9. The number of carboxylic acid groups (broad SMARTS) is 1. The van der Waals surface area contributed by atoms with Gasteiger partial charge in [0.1, 0.15) is 5.60 Å². The van der Waals surface area contributed by atoms with Crippen LogP contribution < -0.4 is 5.73 Å². The van der Waals surface area contributed by atoms with Gasteiger partial charge in [0.15, 0.2) is 0 Å². The third-order valence-corrected chi connectivity index (χ3v) is 4.22. The summed E-state index contributed by atoms with van der Waals surface area (Å²) in [6.45, 7) is 6.40. The van der Waals surface area contributed by atoms with Gasteiger partial charge in [-0.1, -0.05) is 36.4 Å². The SMILES string of the molecule is C[C@H](N)C(=O)N1CC(=Cc2ccccc2)C[C@]1(C(=O)O)C(=O)OC(C)(C)C. The summed E-state index contributed by atoms with van der Waals surface area (Å²) in [5.41, 5.74) is 4.18. The number of benzene rings is 1. The lowest BCUT2D eigenvalue weighted by Crippen LogP contribution is -2.62. The summed E-state index contributed by atoms with van der Waals surface area (Å²) in [6.07, 6.45) is 1.64. The van der Waals surface area contributed by atoms with E-state index < -0.39 is 35.0 Å². The van der Waals surface area contributed by atoms with E-state index in [1.54, 1.807) is 26.8 Å². The number of esters is 1. The van der Waals surface area contributed by atoms with Crippen molar-refractivity contribution in [1.82, 2.24) is 4.90 Å². The first-order valence-corrected chi connectivity index (χ1v) is 8.76. The minimum absolute atomic E-state index is 0.000804. The second kappa shape index (κ2) is 7.52. The Labute approximate surface area is 158 Å². The highest BCUT2D eigenvalue weighted by Gasteiger charge is 2.59. The van der Waals surface area contributed by atoms with Crippen LogP contribution >= 0.6 is 0 Å². The number of aliphatic carboxylic acids is 1. The fourth-order valence-electron chi connectivity index (χ4n) is 3.03. The number of hydrogen-bond donors (Lipinski definition) is 2. The number of hydrogen-bond acceptors (Lipinski definition) is 5. The van der Waals surface area contributed by atoms with Crippen LogP contribution in [0.4, 0.5) is 0 Å². The first-order chi connectivity index (χ1) is 12.5. The average molecular weight is 374 g/mol. The van der Waals surface area contributed by atoms with Crippen molar-refractivity contribution >= 4 is 23.9 Å². The number of nitrogens with zero attached hydrogens (tertiary/aromatic N) is 1. The van der Waals surface area contributed by atoms with Crippen LogP contribution in [-0.2, 0) is 19.1 Å². The van der Waals surface area contributed by atoms with Crippen molar-refractivity contribution < 1.29 is 24.2 Å². The maximum Gasteiger partial charge on any atom is 0.344 e. The van der Waals surface area contributed by atoms with Crippen molar-refractivity contribution in [1.29, 1.82) is 0 Å². The molecule has 2 atom stereocenters. The van der Waals surface area contributed by atoms with Crippen LogP contribution in [0.2, 0.25) is 0 Å². The molecule has 7 heteroatoms. The zero-order valence-corrected chi connectivity index (χ0v) is 16.1. The summed E-state index contributed by atoms with van der Waals surface area (Å²) < 4.78 is 5.36. The molecule has 1 heterocycles. The van der Waals surface area contributed by atoms with Crippen LogP contribution in [0.15, 0.2) is 35.9 Å². The molecule has 1 aromatic rings. The summed E-state index contributed by atoms with van der Waals surface area (Å²) in [5.74, 6) is -3.00. The van der Waals surface area contributed by atoms with Crippen molar-refractivity contribution in [3.05, 3.63) is 41.5 Å². The molecule has 0 aromatic heterocycles. The van der Waals surface area contributed by atoms with E-state index in [1.807, 2.05) is 30.3 Å². The molecule has 2 rings (SSSR count). The minimum Gasteiger partial charge on any atom is -0.479 e. The Morgan fingerprint density at radius 2 is 1.85 bits per heavy atom. The van der Waals surface area contributed by atoms with Crippen molar-refractivity contribution in [2.45, 2.75) is 51.3 Å². The molecular weight excluding hydrogens is 348 g/mol. The lowest BCUT2D eigenvalue weighted by molar-refractivity contribution is -0.180. The largest absolute Gasteiger partial charge is 0.479 e. The van der Waals surface area contributed by atoms with Gasteiger partial charge in [-0.2, -0.15) is 0 Å². The van der Waals surface area contributed by atoms with Crippen LogP contribution in [0.1, 0.15) is 39.7 Å². The average Bonchev–Trinajstić information content (AvgIpc) is 2.94. The Kier molecular flexibility index (Phi) is 5.75. The quantitative estimate of drug-likeness (QED) is 0.614. The number of carbonyl (C=O) groups is 3. The molecule has 1 aliphatic rings. The molecule has 0 bridgehead atoms. The molecule has 146 valence electrons. The molecule has 3 N–H and O–H groups in total. The molecule has 0 unspecified atom stereocenters. The van der Waals surface area contributed by atoms with E-state index in [1.165, 1.54) is 6.92 Å². The second-order valence-electron chi connectivity index (χ2n) is 7.77. The molecule has 27 heavy (non-hydrogen) atoms. The van der Waals surface area contributed by atoms with Gasteiger partial charge in [0.2, 0.25) is 11.4 Å². The predicted molar refractivity (Wildman–Crippen MR) is 101 cm³/mol. The first kappa shape index (κ1) is 20.6. The first-order valence-electron chi connectivity index (χ1n) is 8.76. The van der Waals surface area contributed by atoms with Crippen molar-refractivity contribution in [3.63, 3.8) is 0 Å². The van der Waals surface area contributed by atoms with E-state index in [2.05, 4.69) is 0 Å². The Bertz CT molecular complexity index is 764. The highest BCUT2D eigenvalue weighted by atomic mass is 16.6. The zero-order chi connectivity index (χ0) is 20.4. The lowest BCUT2D eigenvalue weighted by Gasteiger charge is -2.35. The van der Waals surface area contributed by atoms with Gasteiger partial charge in [-0.15, -0.1) is 0 Å². The van der Waals surface area contributed by atoms with Crippen LogP contribution in [-0.4, -0.2) is 51.6 Å².